The first kappa shape index (κ1) is 12.1. The topological polar surface area (TPSA) is 61.7 Å². The van der Waals surface area contributed by atoms with E-state index in [-0.39, 0.29) is 17.9 Å². The first-order valence-electron chi connectivity index (χ1n) is 7.73. The third-order valence-electron chi connectivity index (χ3n) is 6.23. The molecular formula is C17H19NO3. The van der Waals surface area contributed by atoms with E-state index in [1.165, 1.54) is 5.56 Å². The summed E-state index contributed by atoms with van der Waals surface area (Å²) < 4.78 is 6.15. The van der Waals surface area contributed by atoms with E-state index in [4.69, 9.17) is 4.74 Å². The van der Waals surface area contributed by atoms with Crippen molar-refractivity contribution in [2.75, 3.05) is 6.54 Å². The van der Waals surface area contributed by atoms with Gasteiger partial charge in [-0.15, -0.1) is 0 Å². The zero-order valence-corrected chi connectivity index (χ0v) is 11.9. The average Bonchev–Trinajstić information content (AvgIpc) is 2.80. The Morgan fingerprint density at radius 1 is 1.33 bits per heavy atom. The number of ether oxygens (including phenoxy) is 1. The summed E-state index contributed by atoms with van der Waals surface area (Å²) in [4.78, 5) is 0. The number of phenols is 1. The number of hydrogen-bond acceptors (Lipinski definition) is 4. The summed E-state index contributed by atoms with van der Waals surface area (Å²) in [5.41, 5.74) is 2.06. The van der Waals surface area contributed by atoms with Gasteiger partial charge in [0.15, 0.2) is 11.5 Å². The van der Waals surface area contributed by atoms with Gasteiger partial charge < -0.3 is 20.3 Å². The van der Waals surface area contributed by atoms with E-state index >= 15 is 0 Å². The minimum atomic E-state index is -0.802. The molecule has 1 saturated heterocycles. The highest BCUT2D eigenvalue weighted by Gasteiger charge is 2.70. The van der Waals surface area contributed by atoms with E-state index in [0.29, 0.717) is 5.75 Å². The number of aliphatic hydroxyl groups is 1. The molecule has 4 nitrogen and oxygen atoms in total. The number of aromatic hydroxyl groups is 1. The van der Waals surface area contributed by atoms with E-state index in [2.05, 4.69) is 11.9 Å². The molecule has 0 aromatic heterocycles. The molecule has 2 aliphatic carbocycles. The summed E-state index contributed by atoms with van der Waals surface area (Å²) in [6.07, 6.45) is 2.92. The summed E-state index contributed by atoms with van der Waals surface area (Å²) in [5, 5.41) is 25.3. The van der Waals surface area contributed by atoms with Crippen LogP contribution in [0.4, 0.5) is 0 Å². The van der Waals surface area contributed by atoms with Crippen LogP contribution in [-0.2, 0) is 11.8 Å². The first-order valence-corrected chi connectivity index (χ1v) is 7.73. The lowest BCUT2D eigenvalue weighted by Gasteiger charge is -2.60. The molecule has 1 saturated carbocycles. The van der Waals surface area contributed by atoms with Crippen molar-refractivity contribution in [3.05, 3.63) is 35.4 Å². The van der Waals surface area contributed by atoms with Gasteiger partial charge in [-0.05, 0) is 49.4 Å². The SMILES string of the molecule is C=C1CC[C@@]2(O)C3Cc4ccc(O)c5c4[C@@]2(CCN3)[C@@H]1O5. The molecule has 0 amide bonds. The molecule has 0 radical (unpaired) electrons. The van der Waals surface area contributed by atoms with Crippen molar-refractivity contribution in [1.29, 1.82) is 0 Å². The summed E-state index contributed by atoms with van der Waals surface area (Å²) in [5.74, 6) is 0.768. The Morgan fingerprint density at radius 3 is 3.05 bits per heavy atom. The van der Waals surface area contributed by atoms with Gasteiger partial charge in [-0.1, -0.05) is 12.6 Å². The number of phenolic OH excluding ortho intramolecular Hbond substituents is 1. The Morgan fingerprint density at radius 2 is 2.19 bits per heavy atom. The monoisotopic (exact) mass is 285 g/mol. The Labute approximate surface area is 123 Å². The van der Waals surface area contributed by atoms with Crippen LogP contribution in [0.1, 0.15) is 30.4 Å². The number of hydrogen-bond donors (Lipinski definition) is 3. The number of rotatable bonds is 0. The highest BCUT2D eigenvalue weighted by molar-refractivity contribution is 5.63. The largest absolute Gasteiger partial charge is 0.504 e. The summed E-state index contributed by atoms with van der Waals surface area (Å²) in [6, 6.07) is 3.76. The molecule has 3 N–H and O–H groups in total. The number of nitrogens with one attached hydrogen (secondary N) is 1. The molecule has 21 heavy (non-hydrogen) atoms. The maximum atomic E-state index is 11.6. The molecule has 1 aromatic carbocycles. The van der Waals surface area contributed by atoms with Gasteiger partial charge in [-0.2, -0.15) is 0 Å². The molecule has 2 aliphatic heterocycles. The lowest BCUT2D eigenvalue weighted by molar-refractivity contribution is -0.135. The maximum absolute atomic E-state index is 11.6. The zero-order valence-electron chi connectivity index (χ0n) is 11.9. The molecule has 2 heterocycles. The molecule has 2 bridgehead atoms. The quantitative estimate of drug-likeness (QED) is 0.630. The molecular weight excluding hydrogens is 266 g/mol. The van der Waals surface area contributed by atoms with Gasteiger partial charge in [0.25, 0.3) is 0 Å². The van der Waals surface area contributed by atoms with Gasteiger partial charge in [-0.25, -0.2) is 0 Å². The fourth-order valence-corrected chi connectivity index (χ4v) is 5.35. The van der Waals surface area contributed by atoms with Crippen LogP contribution in [0, 0.1) is 0 Å². The lowest BCUT2D eigenvalue weighted by atomic mass is 9.49. The third-order valence-corrected chi connectivity index (χ3v) is 6.23. The summed E-state index contributed by atoms with van der Waals surface area (Å²) in [7, 11) is 0. The van der Waals surface area contributed by atoms with Gasteiger partial charge >= 0.3 is 0 Å². The van der Waals surface area contributed by atoms with Crippen LogP contribution in [0.2, 0.25) is 0 Å². The van der Waals surface area contributed by atoms with Gasteiger partial charge in [0.1, 0.15) is 6.10 Å². The van der Waals surface area contributed by atoms with Crippen molar-refractivity contribution in [2.45, 2.75) is 48.8 Å². The number of benzene rings is 1. The normalized spacial score (nSPS) is 42.4. The zero-order chi connectivity index (χ0) is 14.4. The minimum Gasteiger partial charge on any atom is -0.504 e. The van der Waals surface area contributed by atoms with Crippen LogP contribution in [0.15, 0.2) is 24.3 Å². The van der Waals surface area contributed by atoms with E-state index < -0.39 is 11.0 Å². The van der Waals surface area contributed by atoms with Crippen molar-refractivity contribution in [3.63, 3.8) is 0 Å². The Kier molecular flexibility index (Phi) is 1.98. The van der Waals surface area contributed by atoms with Crippen LogP contribution in [0.25, 0.3) is 0 Å². The van der Waals surface area contributed by atoms with Crippen LogP contribution in [-0.4, -0.2) is 34.5 Å². The van der Waals surface area contributed by atoms with Crippen LogP contribution < -0.4 is 10.1 Å². The second-order valence-corrected chi connectivity index (χ2v) is 6.96. The summed E-state index contributed by atoms with van der Waals surface area (Å²) in [6.45, 7) is 5.06. The molecule has 1 aromatic rings. The van der Waals surface area contributed by atoms with Crippen molar-refractivity contribution >= 4 is 0 Å². The highest BCUT2D eigenvalue weighted by atomic mass is 16.5. The Hall–Kier alpha value is -1.52. The third kappa shape index (κ3) is 1.10. The predicted molar refractivity (Wildman–Crippen MR) is 77.6 cm³/mol. The highest BCUT2D eigenvalue weighted by Crippen LogP contribution is 2.64. The van der Waals surface area contributed by atoms with Gasteiger partial charge in [0.05, 0.1) is 11.0 Å². The van der Waals surface area contributed by atoms with Crippen LogP contribution in [0.5, 0.6) is 11.5 Å². The lowest BCUT2D eigenvalue weighted by Crippen LogP contribution is -2.74. The standard InChI is InChI=1S/C17H19NO3/c1-9-4-5-17(20)12-8-10-2-3-11(19)14-13(10)16(17,6-7-18-12)15(9)21-14/h2-3,12,15,18-20H,1,4-8H2/t12?,15-,16+,17-/m1/s1. The molecule has 110 valence electrons. The summed E-state index contributed by atoms with van der Waals surface area (Å²) >= 11 is 0. The Bertz CT molecular complexity index is 685. The van der Waals surface area contributed by atoms with Gasteiger partial charge in [0.2, 0.25) is 0 Å². The molecule has 2 fully saturated rings. The van der Waals surface area contributed by atoms with Crippen molar-refractivity contribution in [2.24, 2.45) is 0 Å². The second kappa shape index (κ2) is 3.45. The van der Waals surface area contributed by atoms with Crippen molar-refractivity contribution in [3.8, 4) is 11.5 Å². The maximum Gasteiger partial charge on any atom is 0.166 e. The smallest absolute Gasteiger partial charge is 0.166 e. The van der Waals surface area contributed by atoms with Crippen LogP contribution >= 0.6 is 0 Å². The molecule has 4 heteroatoms. The number of piperidine rings is 1. The minimum absolute atomic E-state index is 0.0634. The van der Waals surface area contributed by atoms with E-state index in [9.17, 15) is 10.2 Å². The van der Waals surface area contributed by atoms with Crippen molar-refractivity contribution in [1.82, 2.24) is 5.32 Å². The molecule has 5 rings (SSSR count). The predicted octanol–water partition coefficient (Wildman–Crippen LogP) is 1.39. The molecule has 1 spiro atoms. The van der Waals surface area contributed by atoms with Crippen molar-refractivity contribution < 1.29 is 14.9 Å². The average molecular weight is 285 g/mol. The second-order valence-electron chi connectivity index (χ2n) is 6.96. The van der Waals surface area contributed by atoms with E-state index in [0.717, 1.165) is 43.4 Å². The van der Waals surface area contributed by atoms with Gasteiger partial charge in [0, 0.05) is 11.6 Å². The Balaban J connectivity index is 1.89. The molecule has 4 atom stereocenters. The fourth-order valence-electron chi connectivity index (χ4n) is 5.35. The molecule has 4 aliphatic rings. The molecule has 1 unspecified atom stereocenters. The van der Waals surface area contributed by atoms with Crippen LogP contribution in [0.3, 0.4) is 0 Å². The fraction of sp³-hybridized carbons (Fsp3) is 0.529. The first-order chi connectivity index (χ1) is 10.1. The van der Waals surface area contributed by atoms with E-state index in [1.54, 1.807) is 6.07 Å². The van der Waals surface area contributed by atoms with E-state index in [1.807, 2.05) is 6.07 Å². The van der Waals surface area contributed by atoms with Gasteiger partial charge in [-0.3, -0.25) is 0 Å².